The van der Waals surface area contributed by atoms with Crippen LogP contribution in [-0.2, 0) is 13.6 Å². The number of nitrogens with two attached hydrogens (primary N) is 1. The smallest absolute Gasteiger partial charge is 0.266 e. The van der Waals surface area contributed by atoms with E-state index < -0.39 is 0 Å². The number of carbonyl (C=O) groups is 1. The topological polar surface area (TPSA) is 77.0 Å². The number of carbonyl (C=O) groups excluding carboxylic acids is 1. The van der Waals surface area contributed by atoms with Crippen molar-refractivity contribution in [2.45, 2.75) is 39.3 Å². The Balaban J connectivity index is 1.87. The van der Waals surface area contributed by atoms with Gasteiger partial charge in [0.2, 0.25) is 0 Å². The Bertz CT molecular complexity index is 686. The summed E-state index contributed by atoms with van der Waals surface area (Å²) in [6, 6.07) is 0.333. The molecule has 2 heterocycles. The number of aromatic nitrogens is 3. The molecule has 112 valence electrons. The van der Waals surface area contributed by atoms with Crippen molar-refractivity contribution in [2.75, 3.05) is 5.73 Å². The summed E-state index contributed by atoms with van der Waals surface area (Å²) >= 11 is 1.25. The SMILES string of the molecule is Cc1nn(C)c(C)c1CN(C(=O)c1cnc(N)s1)C1CC1. The van der Waals surface area contributed by atoms with E-state index in [-0.39, 0.29) is 5.91 Å². The molecule has 1 fully saturated rings. The molecule has 0 aromatic carbocycles. The molecule has 0 unspecified atom stereocenters. The third-order valence-corrected chi connectivity index (χ3v) is 4.78. The average Bonchev–Trinajstić information content (AvgIpc) is 3.14. The highest BCUT2D eigenvalue weighted by Gasteiger charge is 2.34. The number of rotatable bonds is 4. The zero-order chi connectivity index (χ0) is 15.1. The fraction of sp³-hybridized carbons (Fsp3) is 0.500. The van der Waals surface area contributed by atoms with E-state index >= 15 is 0 Å². The number of amides is 1. The lowest BCUT2D eigenvalue weighted by molar-refractivity contribution is 0.0734. The van der Waals surface area contributed by atoms with Crippen LogP contribution in [0.2, 0.25) is 0 Å². The summed E-state index contributed by atoms with van der Waals surface area (Å²) in [6.45, 7) is 4.63. The van der Waals surface area contributed by atoms with Crippen LogP contribution in [0.15, 0.2) is 6.20 Å². The summed E-state index contributed by atoms with van der Waals surface area (Å²) in [4.78, 5) is 19.2. The van der Waals surface area contributed by atoms with E-state index in [2.05, 4.69) is 10.1 Å². The summed E-state index contributed by atoms with van der Waals surface area (Å²) in [5.41, 5.74) is 8.86. The highest BCUT2D eigenvalue weighted by atomic mass is 32.1. The summed E-state index contributed by atoms with van der Waals surface area (Å²) in [5.74, 6) is 0.0225. The molecule has 1 aliphatic carbocycles. The first-order valence-corrected chi connectivity index (χ1v) is 7.80. The van der Waals surface area contributed by atoms with E-state index in [0.717, 1.165) is 29.8 Å². The van der Waals surface area contributed by atoms with Gasteiger partial charge in [-0.1, -0.05) is 11.3 Å². The van der Waals surface area contributed by atoms with Crippen LogP contribution in [0.3, 0.4) is 0 Å². The van der Waals surface area contributed by atoms with Gasteiger partial charge in [-0.2, -0.15) is 5.10 Å². The maximum Gasteiger partial charge on any atom is 0.266 e. The van der Waals surface area contributed by atoms with Gasteiger partial charge in [-0.05, 0) is 26.7 Å². The lowest BCUT2D eigenvalue weighted by Crippen LogP contribution is -2.32. The van der Waals surface area contributed by atoms with E-state index in [4.69, 9.17) is 5.73 Å². The zero-order valence-corrected chi connectivity index (χ0v) is 13.3. The van der Waals surface area contributed by atoms with E-state index in [9.17, 15) is 4.79 Å². The third kappa shape index (κ3) is 2.65. The summed E-state index contributed by atoms with van der Waals surface area (Å²) in [5, 5.41) is 4.86. The lowest BCUT2D eigenvalue weighted by atomic mass is 10.2. The van der Waals surface area contributed by atoms with Crippen LogP contribution in [0.4, 0.5) is 5.13 Å². The monoisotopic (exact) mass is 305 g/mol. The lowest BCUT2D eigenvalue weighted by Gasteiger charge is -2.22. The van der Waals surface area contributed by atoms with Crippen LogP contribution < -0.4 is 5.73 Å². The highest BCUT2D eigenvalue weighted by Crippen LogP contribution is 2.32. The quantitative estimate of drug-likeness (QED) is 0.935. The molecule has 21 heavy (non-hydrogen) atoms. The highest BCUT2D eigenvalue weighted by molar-refractivity contribution is 7.17. The molecule has 1 aliphatic rings. The van der Waals surface area contributed by atoms with Crippen molar-refractivity contribution in [3.63, 3.8) is 0 Å². The van der Waals surface area contributed by atoms with Gasteiger partial charge in [0.05, 0.1) is 11.9 Å². The van der Waals surface area contributed by atoms with Crippen LogP contribution in [0.1, 0.15) is 39.5 Å². The summed E-state index contributed by atoms with van der Waals surface area (Å²) < 4.78 is 1.87. The molecule has 3 rings (SSSR count). The van der Waals surface area contributed by atoms with Crippen LogP contribution in [-0.4, -0.2) is 31.6 Å². The summed E-state index contributed by atoms with van der Waals surface area (Å²) in [6.07, 6.45) is 3.71. The fourth-order valence-electron chi connectivity index (χ4n) is 2.50. The molecule has 7 heteroatoms. The molecule has 0 atom stereocenters. The van der Waals surface area contributed by atoms with Crippen molar-refractivity contribution < 1.29 is 4.79 Å². The van der Waals surface area contributed by atoms with Gasteiger partial charge in [-0.25, -0.2) is 4.98 Å². The minimum absolute atomic E-state index is 0.0225. The van der Waals surface area contributed by atoms with Gasteiger partial charge in [0.1, 0.15) is 4.88 Å². The van der Waals surface area contributed by atoms with E-state index in [1.54, 1.807) is 6.20 Å². The standard InChI is InChI=1S/C14H19N5OS/c1-8-11(9(2)18(3)17-8)7-19(10-4-5-10)13(20)12-6-16-14(15)21-12/h6,10H,4-5,7H2,1-3H3,(H2,15,16). The molecule has 6 nitrogen and oxygen atoms in total. The predicted octanol–water partition coefficient (Wildman–Crippen LogP) is 1.88. The second-order valence-electron chi connectivity index (χ2n) is 5.50. The Morgan fingerprint density at radius 2 is 2.24 bits per heavy atom. The van der Waals surface area contributed by atoms with Gasteiger partial charge in [-0.15, -0.1) is 0 Å². The fourth-order valence-corrected chi connectivity index (χ4v) is 3.14. The molecule has 0 aliphatic heterocycles. The Labute approximate surface area is 127 Å². The van der Waals surface area contributed by atoms with Crippen LogP contribution in [0.25, 0.3) is 0 Å². The number of aryl methyl sites for hydroxylation is 2. The maximum absolute atomic E-state index is 12.7. The molecular weight excluding hydrogens is 286 g/mol. The average molecular weight is 305 g/mol. The number of nitrogens with zero attached hydrogens (tertiary/aromatic N) is 4. The van der Waals surface area contributed by atoms with Crippen molar-refractivity contribution in [1.82, 2.24) is 19.7 Å². The molecule has 1 saturated carbocycles. The molecular formula is C14H19N5OS. The molecule has 0 spiro atoms. The molecule has 1 amide bonds. The van der Waals surface area contributed by atoms with Crippen LogP contribution >= 0.6 is 11.3 Å². The summed E-state index contributed by atoms with van der Waals surface area (Å²) in [7, 11) is 1.93. The van der Waals surface area contributed by atoms with Crippen molar-refractivity contribution in [3.05, 3.63) is 28.0 Å². The molecule has 2 aromatic heterocycles. The van der Waals surface area contributed by atoms with E-state index in [1.807, 2.05) is 30.5 Å². The first-order chi connectivity index (χ1) is 9.97. The third-order valence-electron chi connectivity index (χ3n) is 3.97. The zero-order valence-electron chi connectivity index (χ0n) is 12.5. The first kappa shape index (κ1) is 14.1. The number of anilines is 1. The van der Waals surface area contributed by atoms with Gasteiger partial charge >= 0.3 is 0 Å². The minimum Gasteiger partial charge on any atom is -0.375 e. The van der Waals surface area contributed by atoms with E-state index in [1.165, 1.54) is 11.3 Å². The number of thiazole rings is 1. The van der Waals surface area contributed by atoms with Gasteiger partial charge < -0.3 is 10.6 Å². The second kappa shape index (κ2) is 5.14. The van der Waals surface area contributed by atoms with Gasteiger partial charge in [0.25, 0.3) is 5.91 Å². The maximum atomic E-state index is 12.7. The Morgan fingerprint density at radius 3 is 2.71 bits per heavy atom. The van der Waals surface area contributed by atoms with Gasteiger partial charge in [0.15, 0.2) is 5.13 Å². The number of hydrogen-bond acceptors (Lipinski definition) is 5. The Morgan fingerprint density at radius 1 is 1.52 bits per heavy atom. The van der Waals surface area contributed by atoms with Crippen molar-refractivity contribution in [3.8, 4) is 0 Å². The predicted molar refractivity (Wildman–Crippen MR) is 82.1 cm³/mol. The molecule has 2 N–H and O–H groups in total. The Kier molecular flexibility index (Phi) is 3.44. The second-order valence-corrected chi connectivity index (χ2v) is 6.56. The van der Waals surface area contributed by atoms with Crippen LogP contribution in [0, 0.1) is 13.8 Å². The normalized spacial score (nSPS) is 14.4. The molecule has 0 radical (unpaired) electrons. The largest absolute Gasteiger partial charge is 0.375 e. The number of hydrogen-bond donors (Lipinski definition) is 1. The van der Waals surface area contributed by atoms with Crippen molar-refractivity contribution in [1.29, 1.82) is 0 Å². The van der Waals surface area contributed by atoms with Gasteiger partial charge in [-0.3, -0.25) is 9.48 Å². The van der Waals surface area contributed by atoms with Gasteiger partial charge in [0, 0.05) is 30.9 Å². The van der Waals surface area contributed by atoms with E-state index in [0.29, 0.717) is 22.6 Å². The number of nitrogen functional groups attached to an aromatic ring is 1. The Hall–Kier alpha value is -1.89. The van der Waals surface area contributed by atoms with Crippen molar-refractivity contribution >= 4 is 22.4 Å². The van der Waals surface area contributed by atoms with Crippen molar-refractivity contribution in [2.24, 2.45) is 7.05 Å². The molecule has 2 aromatic rings. The molecule has 0 saturated heterocycles. The minimum atomic E-state index is 0.0225. The first-order valence-electron chi connectivity index (χ1n) is 6.98. The molecule has 0 bridgehead atoms. The van der Waals surface area contributed by atoms with Crippen LogP contribution in [0.5, 0.6) is 0 Å².